The number of carbonyl (C=O) groups is 3. The summed E-state index contributed by atoms with van der Waals surface area (Å²) in [5, 5.41) is 2.20. The van der Waals surface area contributed by atoms with Crippen LogP contribution in [-0.4, -0.2) is 38.7 Å². The Bertz CT molecular complexity index is 1050. The standard InChI is InChI=1S/C21H19BrN2O6/c1-4-30-16-8-6-5-7-15(16)24-20(26)13(19(25)23-21(24)27)9-12-10-14(22)18(29-3)11-17(12)28-2/h5-11H,4H2,1-3H3,(H,23,25,27)/b13-9+. The molecule has 0 aliphatic carbocycles. The first-order valence-electron chi connectivity index (χ1n) is 8.96. The third kappa shape index (κ3) is 4.02. The van der Waals surface area contributed by atoms with Crippen LogP contribution in [-0.2, 0) is 9.59 Å². The number of methoxy groups -OCH3 is 2. The van der Waals surface area contributed by atoms with E-state index in [2.05, 4.69) is 21.2 Å². The van der Waals surface area contributed by atoms with Gasteiger partial charge in [-0.1, -0.05) is 12.1 Å². The molecule has 2 aromatic carbocycles. The molecular weight excluding hydrogens is 456 g/mol. The summed E-state index contributed by atoms with van der Waals surface area (Å²) in [5.41, 5.74) is 0.468. The Labute approximate surface area is 181 Å². The summed E-state index contributed by atoms with van der Waals surface area (Å²) >= 11 is 3.37. The number of nitrogens with zero attached hydrogens (tertiary/aromatic N) is 1. The van der Waals surface area contributed by atoms with Crippen LogP contribution in [0.1, 0.15) is 12.5 Å². The fraction of sp³-hybridized carbons (Fsp3) is 0.190. The maximum atomic E-state index is 13.2. The van der Waals surface area contributed by atoms with E-state index in [1.54, 1.807) is 43.3 Å². The summed E-state index contributed by atoms with van der Waals surface area (Å²) in [4.78, 5) is 39.0. The number of halogens is 1. The zero-order valence-corrected chi connectivity index (χ0v) is 18.1. The van der Waals surface area contributed by atoms with Crippen molar-refractivity contribution in [3.8, 4) is 17.2 Å². The molecule has 1 aliphatic heterocycles. The molecular formula is C21H19BrN2O6. The number of nitrogens with one attached hydrogen (secondary N) is 1. The highest BCUT2D eigenvalue weighted by molar-refractivity contribution is 9.10. The van der Waals surface area contributed by atoms with Crippen molar-refractivity contribution in [1.82, 2.24) is 5.32 Å². The zero-order chi connectivity index (χ0) is 21.8. The molecule has 0 unspecified atom stereocenters. The molecule has 1 aliphatic rings. The van der Waals surface area contributed by atoms with Crippen LogP contribution < -0.4 is 24.4 Å². The molecule has 1 heterocycles. The van der Waals surface area contributed by atoms with Gasteiger partial charge in [0.15, 0.2) is 0 Å². The quantitative estimate of drug-likeness (QED) is 0.508. The Balaban J connectivity index is 2.09. The highest BCUT2D eigenvalue weighted by atomic mass is 79.9. The number of benzene rings is 2. The van der Waals surface area contributed by atoms with E-state index in [0.29, 0.717) is 33.9 Å². The third-order valence-corrected chi connectivity index (χ3v) is 4.93. The van der Waals surface area contributed by atoms with Crippen molar-refractivity contribution in [1.29, 1.82) is 0 Å². The molecule has 4 amide bonds. The number of amides is 4. The lowest BCUT2D eigenvalue weighted by molar-refractivity contribution is -0.122. The first kappa shape index (κ1) is 21.4. The number of rotatable bonds is 6. The Morgan fingerprint density at radius 1 is 1.03 bits per heavy atom. The molecule has 0 spiro atoms. The van der Waals surface area contributed by atoms with E-state index < -0.39 is 17.8 Å². The lowest BCUT2D eigenvalue weighted by Crippen LogP contribution is -2.54. The minimum atomic E-state index is -0.850. The largest absolute Gasteiger partial charge is 0.496 e. The van der Waals surface area contributed by atoms with Crippen LogP contribution in [0.15, 0.2) is 46.4 Å². The normalized spacial score (nSPS) is 15.3. The average Bonchev–Trinajstić information content (AvgIpc) is 2.72. The van der Waals surface area contributed by atoms with Crippen LogP contribution >= 0.6 is 15.9 Å². The molecule has 2 aromatic rings. The highest BCUT2D eigenvalue weighted by Gasteiger charge is 2.38. The number of anilines is 1. The molecule has 156 valence electrons. The van der Waals surface area contributed by atoms with Gasteiger partial charge >= 0.3 is 6.03 Å². The minimum Gasteiger partial charge on any atom is -0.496 e. The molecule has 0 bridgehead atoms. The summed E-state index contributed by atoms with van der Waals surface area (Å²) in [7, 11) is 2.97. The number of hydrogen-bond donors (Lipinski definition) is 1. The van der Waals surface area contributed by atoms with Gasteiger partial charge in [0, 0.05) is 11.6 Å². The van der Waals surface area contributed by atoms with Crippen molar-refractivity contribution in [2.24, 2.45) is 0 Å². The molecule has 0 radical (unpaired) electrons. The molecule has 0 atom stereocenters. The van der Waals surface area contributed by atoms with Gasteiger partial charge in [-0.15, -0.1) is 0 Å². The fourth-order valence-corrected chi connectivity index (χ4v) is 3.47. The van der Waals surface area contributed by atoms with E-state index in [-0.39, 0.29) is 11.3 Å². The van der Waals surface area contributed by atoms with Gasteiger partial charge in [-0.2, -0.15) is 0 Å². The van der Waals surface area contributed by atoms with Crippen LogP contribution in [0.4, 0.5) is 10.5 Å². The number of ether oxygens (including phenoxy) is 3. The lowest BCUT2D eigenvalue weighted by Gasteiger charge is -2.27. The molecule has 8 nitrogen and oxygen atoms in total. The van der Waals surface area contributed by atoms with Crippen molar-refractivity contribution in [3.05, 3.63) is 52.0 Å². The predicted octanol–water partition coefficient (Wildman–Crippen LogP) is 3.53. The maximum Gasteiger partial charge on any atom is 0.336 e. The molecule has 0 aromatic heterocycles. The van der Waals surface area contributed by atoms with Gasteiger partial charge in [0.25, 0.3) is 11.8 Å². The van der Waals surface area contributed by atoms with E-state index >= 15 is 0 Å². The van der Waals surface area contributed by atoms with E-state index in [9.17, 15) is 14.4 Å². The van der Waals surface area contributed by atoms with Crippen LogP contribution in [0, 0.1) is 0 Å². The number of carbonyl (C=O) groups excluding carboxylic acids is 3. The smallest absolute Gasteiger partial charge is 0.336 e. The Morgan fingerprint density at radius 3 is 2.40 bits per heavy atom. The zero-order valence-electron chi connectivity index (χ0n) is 16.5. The molecule has 30 heavy (non-hydrogen) atoms. The maximum absolute atomic E-state index is 13.2. The molecule has 3 rings (SSSR count). The summed E-state index contributed by atoms with van der Waals surface area (Å²) in [6.45, 7) is 2.14. The number of barbiturate groups is 1. The summed E-state index contributed by atoms with van der Waals surface area (Å²) < 4.78 is 16.7. The topological polar surface area (TPSA) is 94.2 Å². The van der Waals surface area contributed by atoms with Crippen molar-refractivity contribution < 1.29 is 28.6 Å². The molecule has 0 saturated carbocycles. The first-order chi connectivity index (χ1) is 14.4. The van der Waals surface area contributed by atoms with Crippen LogP contribution in [0.2, 0.25) is 0 Å². The van der Waals surface area contributed by atoms with Gasteiger partial charge in [0.1, 0.15) is 22.8 Å². The van der Waals surface area contributed by atoms with E-state index in [1.807, 2.05) is 0 Å². The van der Waals surface area contributed by atoms with Gasteiger partial charge in [0.05, 0.1) is 31.0 Å². The summed E-state index contributed by atoms with van der Waals surface area (Å²) in [6.07, 6.45) is 1.36. The van der Waals surface area contributed by atoms with E-state index in [1.165, 1.54) is 20.3 Å². The van der Waals surface area contributed by atoms with Crippen LogP contribution in [0.5, 0.6) is 17.2 Å². The van der Waals surface area contributed by atoms with Crippen molar-refractivity contribution in [2.45, 2.75) is 6.92 Å². The summed E-state index contributed by atoms with van der Waals surface area (Å²) in [5.74, 6) is -0.312. The third-order valence-electron chi connectivity index (χ3n) is 4.31. The van der Waals surface area contributed by atoms with Crippen LogP contribution in [0.3, 0.4) is 0 Å². The van der Waals surface area contributed by atoms with Gasteiger partial charge in [-0.25, -0.2) is 9.69 Å². The van der Waals surface area contributed by atoms with E-state index in [4.69, 9.17) is 14.2 Å². The van der Waals surface area contributed by atoms with Crippen molar-refractivity contribution in [2.75, 3.05) is 25.7 Å². The van der Waals surface area contributed by atoms with E-state index in [0.717, 1.165) is 4.90 Å². The number of para-hydroxylation sites is 2. The predicted molar refractivity (Wildman–Crippen MR) is 114 cm³/mol. The number of urea groups is 1. The molecule has 1 saturated heterocycles. The van der Waals surface area contributed by atoms with Crippen molar-refractivity contribution in [3.63, 3.8) is 0 Å². The second kappa shape index (κ2) is 9.00. The number of imide groups is 2. The first-order valence-corrected chi connectivity index (χ1v) is 9.75. The molecule has 9 heteroatoms. The lowest BCUT2D eigenvalue weighted by atomic mass is 10.1. The highest BCUT2D eigenvalue weighted by Crippen LogP contribution is 2.35. The van der Waals surface area contributed by atoms with Gasteiger partial charge < -0.3 is 14.2 Å². The number of hydrogen-bond acceptors (Lipinski definition) is 6. The Morgan fingerprint density at radius 2 is 1.73 bits per heavy atom. The van der Waals surface area contributed by atoms with Gasteiger partial charge in [0.2, 0.25) is 0 Å². The Hall–Kier alpha value is -3.33. The average molecular weight is 475 g/mol. The monoisotopic (exact) mass is 474 g/mol. The molecule has 1 N–H and O–H groups in total. The second-order valence-electron chi connectivity index (χ2n) is 6.09. The molecule has 1 fully saturated rings. The van der Waals surface area contributed by atoms with Gasteiger partial charge in [-0.3, -0.25) is 14.9 Å². The van der Waals surface area contributed by atoms with Gasteiger partial charge in [-0.05, 0) is 47.1 Å². The summed E-state index contributed by atoms with van der Waals surface area (Å²) in [6, 6.07) is 9.03. The minimum absolute atomic E-state index is 0.226. The van der Waals surface area contributed by atoms with Crippen LogP contribution in [0.25, 0.3) is 6.08 Å². The Kier molecular flexibility index (Phi) is 6.41. The second-order valence-corrected chi connectivity index (χ2v) is 6.94. The fourth-order valence-electron chi connectivity index (χ4n) is 2.95. The SMILES string of the molecule is CCOc1ccccc1N1C(=O)NC(=O)/C(=C\c2cc(Br)c(OC)cc2OC)C1=O. The van der Waals surface area contributed by atoms with Crippen molar-refractivity contribution >= 4 is 45.5 Å².